The van der Waals surface area contributed by atoms with Gasteiger partial charge < -0.3 is 5.32 Å². The highest BCUT2D eigenvalue weighted by Gasteiger charge is 2.30. The first kappa shape index (κ1) is 14.8. The van der Waals surface area contributed by atoms with Crippen LogP contribution in [0.25, 0.3) is 0 Å². The van der Waals surface area contributed by atoms with Crippen molar-refractivity contribution in [1.29, 1.82) is 0 Å². The first-order chi connectivity index (χ1) is 8.32. The molecule has 0 aromatic carbocycles. The van der Waals surface area contributed by atoms with Gasteiger partial charge in [-0.05, 0) is 31.4 Å². The predicted molar refractivity (Wildman–Crippen MR) is 66.4 cm³/mol. The lowest BCUT2D eigenvalue weighted by Gasteiger charge is -2.18. The summed E-state index contributed by atoms with van der Waals surface area (Å²) in [6.07, 6.45) is -1.17. The third-order valence-electron chi connectivity index (χ3n) is 2.93. The van der Waals surface area contributed by atoms with Crippen LogP contribution in [0.2, 0.25) is 0 Å². The van der Waals surface area contributed by atoms with Crippen LogP contribution in [0, 0.1) is 5.92 Å². The molecule has 0 fully saturated rings. The summed E-state index contributed by atoms with van der Waals surface area (Å²) in [5.41, 5.74) is -0.671. The van der Waals surface area contributed by atoms with Crippen LogP contribution in [0.3, 0.4) is 0 Å². The zero-order valence-electron chi connectivity index (χ0n) is 10.9. The predicted octanol–water partition coefficient (Wildman–Crippen LogP) is 4.34. The summed E-state index contributed by atoms with van der Waals surface area (Å²) in [6.45, 7) is 6.17. The topological polar surface area (TPSA) is 24.9 Å². The van der Waals surface area contributed by atoms with Gasteiger partial charge in [0, 0.05) is 12.2 Å². The minimum absolute atomic E-state index is 0.107. The number of pyridine rings is 1. The molecule has 102 valence electrons. The maximum atomic E-state index is 12.5. The molecule has 1 heterocycles. The van der Waals surface area contributed by atoms with E-state index in [1.807, 2.05) is 6.92 Å². The number of hydrogen-bond acceptors (Lipinski definition) is 2. The third kappa shape index (κ3) is 4.55. The number of anilines is 1. The van der Waals surface area contributed by atoms with Gasteiger partial charge in [0.1, 0.15) is 5.82 Å². The smallest absolute Gasteiger partial charge is 0.368 e. The Morgan fingerprint density at radius 1 is 1.33 bits per heavy atom. The SMILES string of the molecule is CCC(C)CC(C)Nc1cc(C(F)(F)F)ccn1. The second kappa shape index (κ2) is 6.07. The molecule has 1 aromatic heterocycles. The molecule has 0 radical (unpaired) electrons. The number of nitrogens with one attached hydrogen (secondary N) is 1. The number of rotatable bonds is 5. The largest absolute Gasteiger partial charge is 0.416 e. The van der Waals surface area contributed by atoms with Gasteiger partial charge in [-0.15, -0.1) is 0 Å². The summed E-state index contributed by atoms with van der Waals surface area (Å²) in [7, 11) is 0. The van der Waals surface area contributed by atoms with Gasteiger partial charge in [0.25, 0.3) is 0 Å². The van der Waals surface area contributed by atoms with Crippen molar-refractivity contribution in [1.82, 2.24) is 4.98 Å². The Morgan fingerprint density at radius 3 is 2.56 bits per heavy atom. The molecule has 2 atom stereocenters. The minimum Gasteiger partial charge on any atom is -0.368 e. The van der Waals surface area contributed by atoms with E-state index in [1.165, 1.54) is 6.20 Å². The van der Waals surface area contributed by atoms with Crippen molar-refractivity contribution in [3.05, 3.63) is 23.9 Å². The highest BCUT2D eigenvalue weighted by molar-refractivity contribution is 5.39. The van der Waals surface area contributed by atoms with Crippen LogP contribution in [-0.2, 0) is 6.18 Å². The Hall–Kier alpha value is -1.26. The Bertz CT molecular complexity index is 377. The van der Waals surface area contributed by atoms with Crippen molar-refractivity contribution in [2.24, 2.45) is 5.92 Å². The molecule has 0 aliphatic rings. The van der Waals surface area contributed by atoms with E-state index in [-0.39, 0.29) is 11.9 Å². The first-order valence-electron chi connectivity index (χ1n) is 6.12. The lowest BCUT2D eigenvalue weighted by Crippen LogP contribution is -2.19. The Labute approximate surface area is 106 Å². The van der Waals surface area contributed by atoms with E-state index < -0.39 is 11.7 Å². The van der Waals surface area contributed by atoms with Gasteiger partial charge in [-0.25, -0.2) is 4.98 Å². The van der Waals surface area contributed by atoms with Crippen molar-refractivity contribution in [3.8, 4) is 0 Å². The monoisotopic (exact) mass is 260 g/mol. The molecule has 1 aromatic rings. The summed E-state index contributed by atoms with van der Waals surface area (Å²) in [5, 5.41) is 3.01. The van der Waals surface area contributed by atoms with Gasteiger partial charge in [0.15, 0.2) is 0 Å². The molecule has 1 N–H and O–H groups in total. The summed E-state index contributed by atoms with van der Waals surface area (Å²) < 4.78 is 37.5. The molecular weight excluding hydrogens is 241 g/mol. The van der Waals surface area contributed by atoms with Crippen molar-refractivity contribution < 1.29 is 13.2 Å². The molecule has 2 nitrogen and oxygen atoms in total. The number of nitrogens with zero attached hydrogens (tertiary/aromatic N) is 1. The van der Waals surface area contributed by atoms with Crippen LogP contribution >= 0.6 is 0 Å². The van der Waals surface area contributed by atoms with E-state index in [0.717, 1.165) is 25.0 Å². The zero-order chi connectivity index (χ0) is 13.8. The van der Waals surface area contributed by atoms with Gasteiger partial charge in [-0.3, -0.25) is 0 Å². The van der Waals surface area contributed by atoms with Crippen molar-refractivity contribution in [3.63, 3.8) is 0 Å². The number of alkyl halides is 3. The first-order valence-corrected chi connectivity index (χ1v) is 6.12. The average molecular weight is 260 g/mol. The Morgan fingerprint density at radius 2 is 2.00 bits per heavy atom. The minimum atomic E-state index is -4.32. The fraction of sp³-hybridized carbons (Fsp3) is 0.615. The van der Waals surface area contributed by atoms with Crippen LogP contribution in [-0.4, -0.2) is 11.0 Å². The standard InChI is InChI=1S/C13H19F3N2/c1-4-9(2)7-10(3)18-12-8-11(5-6-17-12)13(14,15)16/h5-6,8-10H,4,7H2,1-3H3,(H,17,18). The van der Waals surface area contributed by atoms with Crippen molar-refractivity contribution in [2.45, 2.75) is 45.8 Å². The van der Waals surface area contributed by atoms with E-state index in [4.69, 9.17) is 0 Å². The fourth-order valence-electron chi connectivity index (χ4n) is 1.77. The molecule has 2 unspecified atom stereocenters. The van der Waals surface area contributed by atoms with Crippen LogP contribution in [0.4, 0.5) is 19.0 Å². The number of aromatic nitrogens is 1. The Kier molecular flexibility index (Phi) is 4.99. The van der Waals surface area contributed by atoms with Gasteiger partial charge in [0.2, 0.25) is 0 Å². The second-order valence-electron chi connectivity index (χ2n) is 4.72. The second-order valence-corrected chi connectivity index (χ2v) is 4.72. The number of halogens is 3. The third-order valence-corrected chi connectivity index (χ3v) is 2.93. The van der Waals surface area contributed by atoms with E-state index in [0.29, 0.717) is 5.92 Å². The summed E-state index contributed by atoms with van der Waals surface area (Å²) in [4.78, 5) is 3.91. The lowest BCUT2D eigenvalue weighted by molar-refractivity contribution is -0.137. The molecule has 0 saturated carbocycles. The maximum Gasteiger partial charge on any atom is 0.416 e. The summed E-state index contributed by atoms with van der Waals surface area (Å²) in [5.74, 6) is 0.818. The van der Waals surface area contributed by atoms with Gasteiger partial charge in [-0.2, -0.15) is 13.2 Å². The van der Waals surface area contributed by atoms with Gasteiger partial charge >= 0.3 is 6.18 Å². The highest BCUT2D eigenvalue weighted by Crippen LogP contribution is 2.30. The molecule has 18 heavy (non-hydrogen) atoms. The maximum absolute atomic E-state index is 12.5. The quantitative estimate of drug-likeness (QED) is 0.852. The van der Waals surface area contributed by atoms with E-state index in [2.05, 4.69) is 24.1 Å². The molecule has 0 amide bonds. The normalized spacial score (nSPS) is 15.2. The molecule has 5 heteroatoms. The van der Waals surface area contributed by atoms with Crippen LogP contribution in [0.1, 0.15) is 39.2 Å². The van der Waals surface area contributed by atoms with Crippen LogP contribution in [0.15, 0.2) is 18.3 Å². The van der Waals surface area contributed by atoms with E-state index in [9.17, 15) is 13.2 Å². The molecule has 0 saturated heterocycles. The molecule has 0 bridgehead atoms. The summed E-state index contributed by atoms with van der Waals surface area (Å²) >= 11 is 0. The van der Waals surface area contributed by atoms with Crippen LogP contribution in [0.5, 0.6) is 0 Å². The zero-order valence-corrected chi connectivity index (χ0v) is 10.9. The van der Waals surface area contributed by atoms with E-state index in [1.54, 1.807) is 0 Å². The van der Waals surface area contributed by atoms with E-state index >= 15 is 0 Å². The molecule has 0 aliphatic heterocycles. The van der Waals surface area contributed by atoms with Crippen molar-refractivity contribution >= 4 is 5.82 Å². The molecule has 1 rings (SSSR count). The average Bonchev–Trinajstić information content (AvgIpc) is 2.27. The molecule has 0 aliphatic carbocycles. The number of hydrogen-bond donors (Lipinski definition) is 1. The molecular formula is C13H19F3N2. The van der Waals surface area contributed by atoms with Crippen LogP contribution < -0.4 is 5.32 Å². The van der Waals surface area contributed by atoms with Crippen molar-refractivity contribution in [2.75, 3.05) is 5.32 Å². The van der Waals surface area contributed by atoms with Gasteiger partial charge in [-0.1, -0.05) is 20.3 Å². The fourth-order valence-corrected chi connectivity index (χ4v) is 1.77. The Balaban J connectivity index is 2.68. The summed E-state index contributed by atoms with van der Waals surface area (Å²) in [6, 6.07) is 2.13. The lowest BCUT2D eigenvalue weighted by atomic mass is 10.0. The molecule has 0 spiro atoms. The van der Waals surface area contributed by atoms with Gasteiger partial charge in [0.05, 0.1) is 5.56 Å². The highest BCUT2D eigenvalue weighted by atomic mass is 19.4.